The zero-order valence-electron chi connectivity index (χ0n) is 16.5. The molecule has 2 N–H and O–H groups in total. The minimum Gasteiger partial charge on any atom is -0.478 e. The van der Waals surface area contributed by atoms with Gasteiger partial charge in [0.1, 0.15) is 11.5 Å². The van der Waals surface area contributed by atoms with Crippen molar-refractivity contribution in [1.29, 1.82) is 0 Å². The summed E-state index contributed by atoms with van der Waals surface area (Å²) in [6.07, 6.45) is 2.32. The van der Waals surface area contributed by atoms with Crippen LogP contribution in [0, 0.1) is 17.2 Å². The summed E-state index contributed by atoms with van der Waals surface area (Å²) < 4.78 is 18.4. The van der Waals surface area contributed by atoms with E-state index in [-0.39, 0.29) is 34.5 Å². The molecule has 0 spiro atoms. The van der Waals surface area contributed by atoms with E-state index in [1.54, 1.807) is 30.3 Å². The van der Waals surface area contributed by atoms with Crippen LogP contribution in [0.3, 0.4) is 0 Å². The number of ether oxygens (including phenoxy) is 1. The quantitative estimate of drug-likeness (QED) is 0.749. The van der Waals surface area contributed by atoms with Crippen LogP contribution in [-0.4, -0.2) is 28.9 Å². The minimum atomic E-state index is -0.338. The standard InChI is InChI=1S/C22H24FN3O3/c1-3-29-18-6-4-5-17(25-18)20(28)26-22-11-21(12-22,13-22)14(2)19(27)24-16-9-7-15(23)8-10-16/h4-10,14H,3,11-13H2,1-2H3,(H,24,27)(H,26,28). The molecule has 2 amide bonds. The predicted octanol–water partition coefficient (Wildman–Crippen LogP) is 3.55. The minimum absolute atomic E-state index is 0.0812. The highest BCUT2D eigenvalue weighted by Gasteiger charge is 2.71. The van der Waals surface area contributed by atoms with Crippen LogP contribution in [0.2, 0.25) is 0 Å². The first-order valence-electron chi connectivity index (χ1n) is 9.84. The molecule has 5 rings (SSSR count). The molecule has 1 aromatic heterocycles. The van der Waals surface area contributed by atoms with Crippen molar-refractivity contribution < 1.29 is 18.7 Å². The maximum Gasteiger partial charge on any atom is 0.270 e. The first-order chi connectivity index (χ1) is 13.8. The fourth-order valence-corrected chi connectivity index (χ4v) is 4.59. The Hall–Kier alpha value is -2.96. The normalized spacial score (nSPS) is 25.2. The van der Waals surface area contributed by atoms with Gasteiger partial charge in [-0.05, 0) is 61.9 Å². The third-order valence-corrected chi connectivity index (χ3v) is 6.12. The average molecular weight is 397 g/mol. The van der Waals surface area contributed by atoms with E-state index in [2.05, 4.69) is 15.6 Å². The number of aromatic nitrogens is 1. The zero-order chi connectivity index (χ0) is 20.6. The fourth-order valence-electron chi connectivity index (χ4n) is 4.59. The fraction of sp³-hybridized carbons (Fsp3) is 0.409. The van der Waals surface area contributed by atoms with E-state index in [1.165, 1.54) is 12.1 Å². The lowest BCUT2D eigenvalue weighted by atomic mass is 9.36. The van der Waals surface area contributed by atoms with Gasteiger partial charge in [-0.25, -0.2) is 9.37 Å². The largest absolute Gasteiger partial charge is 0.478 e. The van der Waals surface area contributed by atoms with Crippen LogP contribution in [-0.2, 0) is 4.79 Å². The Bertz CT molecular complexity index is 925. The van der Waals surface area contributed by atoms with Gasteiger partial charge in [0, 0.05) is 23.2 Å². The van der Waals surface area contributed by atoms with Crippen molar-refractivity contribution in [2.45, 2.75) is 38.6 Å². The second kappa shape index (κ2) is 7.13. The Kier molecular flexibility index (Phi) is 4.76. The van der Waals surface area contributed by atoms with Gasteiger partial charge in [0.05, 0.1) is 6.61 Å². The first-order valence-corrected chi connectivity index (χ1v) is 9.84. The molecular weight excluding hydrogens is 373 g/mol. The van der Waals surface area contributed by atoms with Crippen LogP contribution in [0.4, 0.5) is 10.1 Å². The third-order valence-electron chi connectivity index (χ3n) is 6.12. The zero-order valence-corrected chi connectivity index (χ0v) is 16.5. The molecule has 3 saturated carbocycles. The highest BCUT2D eigenvalue weighted by molar-refractivity contribution is 5.95. The van der Waals surface area contributed by atoms with Gasteiger partial charge in [-0.1, -0.05) is 13.0 Å². The maximum absolute atomic E-state index is 13.0. The Balaban J connectivity index is 1.32. The van der Waals surface area contributed by atoms with Crippen molar-refractivity contribution in [2.24, 2.45) is 11.3 Å². The number of rotatable bonds is 7. The number of nitrogens with one attached hydrogen (secondary N) is 2. The van der Waals surface area contributed by atoms with Crippen molar-refractivity contribution >= 4 is 17.5 Å². The van der Waals surface area contributed by atoms with E-state index in [9.17, 15) is 14.0 Å². The van der Waals surface area contributed by atoms with Crippen LogP contribution in [0.25, 0.3) is 0 Å². The van der Waals surface area contributed by atoms with Crippen LogP contribution in [0.15, 0.2) is 42.5 Å². The van der Waals surface area contributed by atoms with Crippen LogP contribution in [0.1, 0.15) is 43.6 Å². The van der Waals surface area contributed by atoms with Gasteiger partial charge in [0.2, 0.25) is 11.8 Å². The van der Waals surface area contributed by atoms with Crippen molar-refractivity contribution in [3.63, 3.8) is 0 Å². The van der Waals surface area contributed by atoms with Gasteiger partial charge in [-0.15, -0.1) is 0 Å². The Labute approximate surface area is 168 Å². The Morgan fingerprint density at radius 2 is 1.86 bits per heavy atom. The molecule has 3 fully saturated rings. The lowest BCUT2D eigenvalue weighted by molar-refractivity contribution is -0.184. The van der Waals surface area contributed by atoms with E-state index < -0.39 is 0 Å². The van der Waals surface area contributed by atoms with E-state index in [0.717, 1.165) is 19.3 Å². The number of amides is 2. The topological polar surface area (TPSA) is 80.3 Å². The molecular formula is C22H24FN3O3. The number of pyridine rings is 1. The summed E-state index contributed by atoms with van der Waals surface area (Å²) in [4.78, 5) is 29.4. The first kappa shape index (κ1) is 19.4. The lowest BCUT2D eigenvalue weighted by Crippen LogP contribution is -2.77. The summed E-state index contributed by atoms with van der Waals surface area (Å²) in [7, 11) is 0. The highest BCUT2D eigenvalue weighted by atomic mass is 19.1. The second-order valence-corrected chi connectivity index (χ2v) is 8.14. The molecule has 3 aliphatic rings. The third kappa shape index (κ3) is 3.57. The van der Waals surface area contributed by atoms with Gasteiger partial charge < -0.3 is 15.4 Å². The number of hydrogen-bond acceptors (Lipinski definition) is 4. The van der Waals surface area contributed by atoms with E-state index in [1.807, 2.05) is 13.8 Å². The predicted molar refractivity (Wildman–Crippen MR) is 106 cm³/mol. The van der Waals surface area contributed by atoms with Crippen LogP contribution in [0.5, 0.6) is 5.88 Å². The van der Waals surface area contributed by atoms with Crippen LogP contribution >= 0.6 is 0 Å². The second-order valence-electron chi connectivity index (χ2n) is 8.14. The van der Waals surface area contributed by atoms with Gasteiger partial charge in [-0.2, -0.15) is 0 Å². The molecule has 1 aromatic carbocycles. The van der Waals surface area contributed by atoms with Crippen molar-refractivity contribution in [3.8, 4) is 5.88 Å². The number of halogens is 1. The van der Waals surface area contributed by atoms with Crippen molar-refractivity contribution in [1.82, 2.24) is 10.3 Å². The molecule has 29 heavy (non-hydrogen) atoms. The Morgan fingerprint density at radius 1 is 1.17 bits per heavy atom. The van der Waals surface area contributed by atoms with E-state index >= 15 is 0 Å². The molecule has 7 heteroatoms. The molecule has 6 nitrogen and oxygen atoms in total. The number of nitrogens with zero attached hydrogens (tertiary/aromatic N) is 1. The molecule has 0 saturated heterocycles. The molecule has 1 atom stereocenters. The lowest BCUT2D eigenvalue weighted by Gasteiger charge is -2.72. The van der Waals surface area contributed by atoms with Crippen molar-refractivity contribution in [2.75, 3.05) is 11.9 Å². The number of hydrogen-bond donors (Lipinski definition) is 2. The van der Waals surface area contributed by atoms with Gasteiger partial charge in [0.15, 0.2) is 0 Å². The molecule has 2 aromatic rings. The molecule has 1 unspecified atom stereocenters. The Morgan fingerprint density at radius 3 is 2.52 bits per heavy atom. The summed E-state index contributed by atoms with van der Waals surface area (Å²) in [6.45, 7) is 4.27. The molecule has 0 aliphatic heterocycles. The van der Waals surface area contributed by atoms with E-state index in [0.29, 0.717) is 23.9 Å². The van der Waals surface area contributed by atoms with Gasteiger partial charge in [-0.3, -0.25) is 9.59 Å². The monoisotopic (exact) mass is 397 g/mol. The van der Waals surface area contributed by atoms with Gasteiger partial charge >= 0.3 is 0 Å². The summed E-state index contributed by atoms with van der Waals surface area (Å²) in [6, 6.07) is 10.9. The molecule has 2 bridgehead atoms. The molecule has 1 heterocycles. The number of benzene rings is 1. The summed E-state index contributed by atoms with van der Waals surface area (Å²) in [5, 5.41) is 5.94. The highest BCUT2D eigenvalue weighted by Crippen LogP contribution is 2.70. The smallest absolute Gasteiger partial charge is 0.270 e. The summed E-state index contributed by atoms with van der Waals surface area (Å²) >= 11 is 0. The van der Waals surface area contributed by atoms with Gasteiger partial charge in [0.25, 0.3) is 5.91 Å². The number of anilines is 1. The summed E-state index contributed by atoms with van der Waals surface area (Å²) in [5.41, 5.74) is 0.581. The van der Waals surface area contributed by atoms with E-state index in [4.69, 9.17) is 4.74 Å². The van der Waals surface area contributed by atoms with Crippen LogP contribution < -0.4 is 15.4 Å². The molecule has 3 aliphatic carbocycles. The average Bonchev–Trinajstić information content (AvgIpc) is 2.65. The SMILES string of the molecule is CCOc1cccc(C(=O)NC23CC(C(C)C(=O)Nc4ccc(F)cc4)(C2)C3)n1. The number of carbonyl (C=O) groups is 2. The van der Waals surface area contributed by atoms with Crippen molar-refractivity contribution in [3.05, 3.63) is 54.0 Å². The number of carbonyl (C=O) groups excluding carboxylic acids is 2. The molecule has 152 valence electrons. The molecule has 0 radical (unpaired) electrons. The maximum atomic E-state index is 13.0. The summed E-state index contributed by atoms with van der Waals surface area (Å²) in [5.74, 6) is -0.397.